The van der Waals surface area contributed by atoms with Crippen LogP contribution in [0.15, 0.2) is 18.3 Å². The zero-order chi connectivity index (χ0) is 10.0. The number of hydrogen-bond donors (Lipinski definition) is 1. The fourth-order valence-electron chi connectivity index (χ4n) is 1.03. The number of carbonyl (C=O) groups excluding carboxylic acids is 1. The van der Waals surface area contributed by atoms with E-state index in [-0.39, 0.29) is 5.78 Å². The van der Waals surface area contributed by atoms with E-state index in [2.05, 4.69) is 11.7 Å². The average Bonchev–Trinajstić information content (AvgIpc) is 2.31. The topological polar surface area (TPSA) is 60.9 Å². The van der Waals surface area contributed by atoms with E-state index in [9.17, 15) is 4.79 Å². The number of aromatic nitrogens is 2. The van der Waals surface area contributed by atoms with Crippen molar-refractivity contribution in [1.29, 1.82) is 0 Å². The van der Waals surface area contributed by atoms with Crippen LogP contribution in [-0.4, -0.2) is 15.6 Å². The highest BCUT2D eigenvalue weighted by molar-refractivity contribution is 6.01. The third-order valence-corrected chi connectivity index (χ3v) is 1.75. The van der Waals surface area contributed by atoms with Gasteiger partial charge in [-0.15, -0.1) is 0 Å². The lowest BCUT2D eigenvalue weighted by Gasteiger charge is -1.99. The quantitative estimate of drug-likeness (QED) is 0.559. The second-order valence-corrected chi connectivity index (χ2v) is 3.12. The Kier molecular flexibility index (Phi) is 2.51. The number of nitrogens with two attached hydrogens (primary N) is 1. The lowest BCUT2D eigenvalue weighted by atomic mass is 10.1. The van der Waals surface area contributed by atoms with E-state index < -0.39 is 0 Å². The predicted octanol–water partition coefficient (Wildman–Crippen LogP) is 1.15. The molecule has 1 aromatic rings. The van der Waals surface area contributed by atoms with Crippen LogP contribution in [-0.2, 0) is 7.05 Å². The van der Waals surface area contributed by atoms with E-state index in [0.29, 0.717) is 17.8 Å². The molecule has 4 heteroatoms. The zero-order valence-electron chi connectivity index (χ0n) is 7.87. The van der Waals surface area contributed by atoms with Gasteiger partial charge in [0, 0.05) is 13.5 Å². The second-order valence-electron chi connectivity index (χ2n) is 3.12. The SMILES string of the molecule is C=C(C)CC(=O)c1cnn(C)c1N. The normalized spacial score (nSPS) is 10.0. The van der Waals surface area contributed by atoms with Gasteiger partial charge in [0.1, 0.15) is 5.82 Å². The number of anilines is 1. The first-order valence-electron chi connectivity index (χ1n) is 3.97. The number of nitrogen functional groups attached to an aromatic ring is 1. The Morgan fingerprint density at radius 2 is 2.38 bits per heavy atom. The van der Waals surface area contributed by atoms with E-state index in [4.69, 9.17) is 5.73 Å². The molecular formula is C9H13N3O. The third kappa shape index (κ3) is 1.96. The Bertz CT molecular complexity index is 352. The summed E-state index contributed by atoms with van der Waals surface area (Å²) in [7, 11) is 1.70. The van der Waals surface area contributed by atoms with Gasteiger partial charge >= 0.3 is 0 Å². The molecule has 1 rings (SSSR count). The Balaban J connectivity index is 2.89. The van der Waals surface area contributed by atoms with Crippen LogP contribution in [0.4, 0.5) is 5.82 Å². The maximum Gasteiger partial charge on any atom is 0.172 e. The van der Waals surface area contributed by atoms with Crippen LogP contribution in [0.3, 0.4) is 0 Å². The molecular weight excluding hydrogens is 166 g/mol. The number of ketones is 1. The van der Waals surface area contributed by atoms with E-state index in [0.717, 1.165) is 5.57 Å². The fourth-order valence-corrected chi connectivity index (χ4v) is 1.03. The fraction of sp³-hybridized carbons (Fsp3) is 0.333. The molecule has 70 valence electrons. The highest BCUT2D eigenvalue weighted by Crippen LogP contribution is 2.13. The minimum atomic E-state index is -0.0295. The molecule has 0 fully saturated rings. The molecule has 0 amide bonds. The summed E-state index contributed by atoms with van der Waals surface area (Å²) in [6, 6.07) is 0. The standard InChI is InChI=1S/C9H13N3O/c1-6(2)4-8(13)7-5-11-12(3)9(7)10/h5H,1,4,10H2,2-3H3. The molecule has 0 aliphatic heterocycles. The van der Waals surface area contributed by atoms with Gasteiger partial charge in [-0.25, -0.2) is 0 Å². The molecule has 0 saturated carbocycles. The molecule has 13 heavy (non-hydrogen) atoms. The summed E-state index contributed by atoms with van der Waals surface area (Å²) in [5, 5.41) is 3.89. The van der Waals surface area contributed by atoms with Crippen molar-refractivity contribution in [3.05, 3.63) is 23.9 Å². The second kappa shape index (κ2) is 3.43. The number of carbonyl (C=O) groups is 1. The summed E-state index contributed by atoms with van der Waals surface area (Å²) in [6.07, 6.45) is 1.82. The largest absolute Gasteiger partial charge is 0.383 e. The van der Waals surface area contributed by atoms with Crippen LogP contribution in [0.1, 0.15) is 23.7 Å². The first kappa shape index (κ1) is 9.51. The van der Waals surface area contributed by atoms with Gasteiger partial charge in [0.15, 0.2) is 5.78 Å². The van der Waals surface area contributed by atoms with Gasteiger partial charge in [-0.1, -0.05) is 12.2 Å². The Labute approximate surface area is 77.0 Å². The van der Waals surface area contributed by atoms with Gasteiger partial charge in [0.05, 0.1) is 11.8 Å². The van der Waals surface area contributed by atoms with Gasteiger partial charge in [-0.05, 0) is 6.92 Å². The molecule has 0 spiro atoms. The van der Waals surface area contributed by atoms with Gasteiger partial charge in [0.2, 0.25) is 0 Å². The van der Waals surface area contributed by atoms with Crippen LogP contribution in [0.25, 0.3) is 0 Å². The number of allylic oxidation sites excluding steroid dienone is 1. The highest BCUT2D eigenvalue weighted by Gasteiger charge is 2.12. The molecule has 0 saturated heterocycles. The molecule has 0 unspecified atom stereocenters. The van der Waals surface area contributed by atoms with Gasteiger partial charge < -0.3 is 5.73 Å². The minimum absolute atomic E-state index is 0.0295. The van der Waals surface area contributed by atoms with Crippen molar-refractivity contribution in [2.45, 2.75) is 13.3 Å². The molecule has 2 N–H and O–H groups in total. The summed E-state index contributed by atoms with van der Waals surface area (Å²) < 4.78 is 1.48. The Morgan fingerprint density at radius 3 is 2.77 bits per heavy atom. The summed E-state index contributed by atoms with van der Waals surface area (Å²) in [6.45, 7) is 5.48. The van der Waals surface area contributed by atoms with E-state index >= 15 is 0 Å². The molecule has 4 nitrogen and oxygen atoms in total. The highest BCUT2D eigenvalue weighted by atomic mass is 16.1. The van der Waals surface area contributed by atoms with E-state index in [1.54, 1.807) is 7.05 Å². The van der Waals surface area contributed by atoms with Crippen molar-refractivity contribution in [2.75, 3.05) is 5.73 Å². The smallest absolute Gasteiger partial charge is 0.172 e. The van der Waals surface area contributed by atoms with Crippen LogP contribution < -0.4 is 5.73 Å². The Hall–Kier alpha value is -1.58. The van der Waals surface area contributed by atoms with Crippen LogP contribution in [0, 0.1) is 0 Å². The van der Waals surface area contributed by atoms with Crippen molar-refractivity contribution in [1.82, 2.24) is 9.78 Å². The Morgan fingerprint density at radius 1 is 1.77 bits per heavy atom. The van der Waals surface area contributed by atoms with Gasteiger partial charge in [-0.2, -0.15) is 5.10 Å². The lowest BCUT2D eigenvalue weighted by molar-refractivity contribution is 0.0994. The van der Waals surface area contributed by atoms with Gasteiger partial charge in [0.25, 0.3) is 0 Å². The lowest BCUT2D eigenvalue weighted by Crippen LogP contribution is -2.04. The molecule has 0 aliphatic carbocycles. The summed E-state index contributed by atoms with van der Waals surface area (Å²) in [5.74, 6) is 0.379. The van der Waals surface area contributed by atoms with E-state index in [1.165, 1.54) is 10.9 Å². The molecule has 0 aliphatic rings. The molecule has 1 aromatic heterocycles. The summed E-state index contributed by atoms with van der Waals surface area (Å²) >= 11 is 0. The number of rotatable bonds is 3. The van der Waals surface area contributed by atoms with Crippen LogP contribution in [0.2, 0.25) is 0 Å². The van der Waals surface area contributed by atoms with Crippen molar-refractivity contribution >= 4 is 11.6 Å². The van der Waals surface area contributed by atoms with Gasteiger partial charge in [-0.3, -0.25) is 9.48 Å². The maximum atomic E-state index is 11.5. The first-order valence-corrected chi connectivity index (χ1v) is 3.97. The average molecular weight is 179 g/mol. The maximum absolute atomic E-state index is 11.5. The predicted molar refractivity (Wildman–Crippen MR) is 51.4 cm³/mol. The molecule has 0 atom stereocenters. The zero-order valence-corrected chi connectivity index (χ0v) is 7.87. The summed E-state index contributed by atoms with van der Waals surface area (Å²) in [5.41, 5.74) is 6.93. The van der Waals surface area contributed by atoms with Crippen LogP contribution in [0.5, 0.6) is 0 Å². The van der Waals surface area contributed by atoms with Crippen molar-refractivity contribution < 1.29 is 4.79 Å². The summed E-state index contributed by atoms with van der Waals surface area (Å²) in [4.78, 5) is 11.5. The third-order valence-electron chi connectivity index (χ3n) is 1.75. The monoisotopic (exact) mass is 179 g/mol. The van der Waals surface area contributed by atoms with Crippen molar-refractivity contribution in [2.24, 2.45) is 7.05 Å². The number of Topliss-reactive ketones (excluding diaryl/α,β-unsaturated/α-hetero) is 1. The molecule has 1 heterocycles. The van der Waals surface area contributed by atoms with Crippen LogP contribution >= 0.6 is 0 Å². The number of aryl methyl sites for hydroxylation is 1. The first-order chi connectivity index (χ1) is 6.02. The van der Waals surface area contributed by atoms with Crippen molar-refractivity contribution in [3.8, 4) is 0 Å². The van der Waals surface area contributed by atoms with Crippen molar-refractivity contribution in [3.63, 3.8) is 0 Å². The minimum Gasteiger partial charge on any atom is -0.383 e. The molecule has 0 aromatic carbocycles. The van der Waals surface area contributed by atoms with E-state index in [1.807, 2.05) is 6.92 Å². The number of hydrogen-bond acceptors (Lipinski definition) is 3. The molecule has 0 bridgehead atoms. The molecule has 0 radical (unpaired) electrons. The number of nitrogens with zero attached hydrogens (tertiary/aromatic N) is 2.